The molecule has 4 aromatic rings. The quantitative estimate of drug-likeness (QED) is 0.127. The highest BCUT2D eigenvalue weighted by molar-refractivity contribution is 7.99. The molecule has 3 N–H and O–H groups in total. The van der Waals surface area contributed by atoms with Crippen molar-refractivity contribution in [2.75, 3.05) is 16.0 Å². The van der Waals surface area contributed by atoms with Gasteiger partial charge >= 0.3 is 6.09 Å². The van der Waals surface area contributed by atoms with Gasteiger partial charge in [0.25, 0.3) is 5.91 Å². The van der Waals surface area contributed by atoms with Crippen LogP contribution in [-0.2, 0) is 41.8 Å². The molecular formula is C38H37N3O8S. The van der Waals surface area contributed by atoms with Gasteiger partial charge in [0, 0.05) is 35.2 Å². The fraction of sp³-hybridized carbons (Fsp3) is 0.263. The topological polar surface area (TPSA) is 144 Å². The lowest BCUT2D eigenvalue weighted by Crippen LogP contribution is -2.42. The van der Waals surface area contributed by atoms with Gasteiger partial charge in [0.1, 0.15) is 12.6 Å². The molecule has 0 spiro atoms. The Morgan fingerprint density at radius 2 is 1.66 bits per heavy atom. The smallest absolute Gasteiger partial charge is 0.408 e. The van der Waals surface area contributed by atoms with Crippen molar-refractivity contribution in [1.82, 2.24) is 5.32 Å². The molecule has 2 saturated heterocycles. The summed E-state index contributed by atoms with van der Waals surface area (Å²) < 4.78 is 18.2. The number of benzene rings is 4. The van der Waals surface area contributed by atoms with Crippen LogP contribution in [0.2, 0.25) is 0 Å². The van der Waals surface area contributed by atoms with Crippen LogP contribution in [0.25, 0.3) is 0 Å². The molecule has 2 aliphatic rings. The molecule has 4 aromatic carbocycles. The molecule has 4 amide bonds. The Morgan fingerprint density at radius 1 is 0.900 bits per heavy atom. The van der Waals surface area contributed by atoms with Gasteiger partial charge in [-0.15, -0.1) is 11.8 Å². The van der Waals surface area contributed by atoms with E-state index in [2.05, 4.69) is 10.6 Å². The van der Waals surface area contributed by atoms with Crippen molar-refractivity contribution in [3.8, 4) is 0 Å². The monoisotopic (exact) mass is 695 g/mol. The first-order valence-corrected chi connectivity index (χ1v) is 17.2. The maximum absolute atomic E-state index is 13.4. The van der Waals surface area contributed by atoms with Crippen LogP contribution in [0.15, 0.2) is 108 Å². The molecule has 0 radical (unpaired) electrons. The van der Waals surface area contributed by atoms with Gasteiger partial charge in [-0.3, -0.25) is 14.4 Å². The summed E-state index contributed by atoms with van der Waals surface area (Å²) in [7, 11) is 0. The number of nitrogens with one attached hydrogen (secondary N) is 2. The van der Waals surface area contributed by atoms with Crippen LogP contribution in [0.3, 0.4) is 0 Å². The summed E-state index contributed by atoms with van der Waals surface area (Å²) in [5, 5.41) is 14.8. The molecule has 2 fully saturated rings. The maximum Gasteiger partial charge on any atom is 0.408 e. The predicted molar refractivity (Wildman–Crippen MR) is 187 cm³/mol. The molecule has 2 heterocycles. The second kappa shape index (κ2) is 16.1. The van der Waals surface area contributed by atoms with Crippen molar-refractivity contribution in [1.29, 1.82) is 0 Å². The number of hydrogen-bond acceptors (Lipinski definition) is 9. The predicted octanol–water partition coefficient (Wildman–Crippen LogP) is 6.03. The third kappa shape index (κ3) is 8.77. The Kier molecular flexibility index (Phi) is 11.2. The van der Waals surface area contributed by atoms with Gasteiger partial charge in [-0.05, 0) is 53.1 Å². The molecule has 0 aromatic heterocycles. The van der Waals surface area contributed by atoms with E-state index < -0.39 is 30.2 Å². The lowest BCUT2D eigenvalue weighted by atomic mass is 10.0. The van der Waals surface area contributed by atoms with E-state index in [1.165, 1.54) is 6.92 Å². The molecule has 0 bridgehead atoms. The van der Waals surface area contributed by atoms with Crippen molar-refractivity contribution in [2.24, 2.45) is 0 Å². The number of anilines is 2. The number of aliphatic hydroxyl groups is 1. The van der Waals surface area contributed by atoms with Gasteiger partial charge in [-0.1, -0.05) is 66.7 Å². The third-order valence-electron chi connectivity index (χ3n) is 8.28. The van der Waals surface area contributed by atoms with E-state index >= 15 is 0 Å². The van der Waals surface area contributed by atoms with Gasteiger partial charge in [-0.2, -0.15) is 0 Å². The summed E-state index contributed by atoms with van der Waals surface area (Å²) in [5.74, 6) is -0.536. The molecule has 0 aliphatic carbocycles. The fourth-order valence-electron chi connectivity index (χ4n) is 5.78. The number of ether oxygens (including phenoxy) is 3. The minimum Gasteiger partial charge on any atom is -0.445 e. The highest BCUT2D eigenvalue weighted by Crippen LogP contribution is 2.40. The average molecular weight is 696 g/mol. The number of carbonyl (C=O) groups is 4. The number of hydrogen-bond donors (Lipinski definition) is 3. The van der Waals surface area contributed by atoms with E-state index in [4.69, 9.17) is 14.2 Å². The van der Waals surface area contributed by atoms with Crippen LogP contribution in [0, 0.1) is 0 Å². The van der Waals surface area contributed by atoms with Crippen LogP contribution in [0.5, 0.6) is 0 Å². The Labute approximate surface area is 293 Å². The van der Waals surface area contributed by atoms with Crippen LogP contribution in [-0.4, -0.2) is 46.8 Å². The van der Waals surface area contributed by atoms with Crippen LogP contribution >= 0.6 is 11.8 Å². The van der Waals surface area contributed by atoms with E-state index in [0.717, 1.165) is 32.2 Å². The number of alkyl carbamates (subject to hydrolysis) is 1. The molecule has 4 unspecified atom stereocenters. The minimum absolute atomic E-state index is 0.0334. The van der Waals surface area contributed by atoms with Crippen molar-refractivity contribution >= 4 is 47.0 Å². The summed E-state index contributed by atoms with van der Waals surface area (Å²) in [4.78, 5) is 52.4. The first-order valence-electron chi connectivity index (χ1n) is 16.2. The highest BCUT2D eigenvalue weighted by Gasteiger charge is 2.41. The average Bonchev–Trinajstić information content (AvgIpc) is 3.41. The lowest BCUT2D eigenvalue weighted by Gasteiger charge is -2.36. The fourth-order valence-corrected chi connectivity index (χ4v) is 6.70. The van der Waals surface area contributed by atoms with E-state index in [9.17, 15) is 24.3 Å². The SMILES string of the molecule is CC(=O)Nc1ccc(SCC2CC(c3ccc(CO)cc3)OC(c3cccc(N4C(=O)CC(NC(=O)OCc5ccccc5)C4=O)c3)O2)cc1. The molecule has 12 heteroatoms. The van der Waals surface area contributed by atoms with Crippen LogP contribution < -0.4 is 15.5 Å². The van der Waals surface area contributed by atoms with Crippen molar-refractivity contribution in [2.45, 2.75) is 62.4 Å². The zero-order valence-corrected chi connectivity index (χ0v) is 28.1. The number of aliphatic hydroxyl groups excluding tert-OH is 1. The molecule has 11 nitrogen and oxygen atoms in total. The molecule has 6 rings (SSSR count). The summed E-state index contributed by atoms with van der Waals surface area (Å²) in [6.07, 6.45) is -1.79. The zero-order valence-electron chi connectivity index (χ0n) is 27.3. The molecule has 258 valence electrons. The second-order valence-corrected chi connectivity index (χ2v) is 13.1. The largest absolute Gasteiger partial charge is 0.445 e. The van der Waals surface area contributed by atoms with E-state index in [1.807, 2.05) is 84.9 Å². The standard InChI is InChI=1S/C38H37N3O8S/c1-24(43)39-29-14-16-32(17-15-29)50-23-31-19-34(27-12-10-25(21-42)11-13-27)49-37(48-31)28-8-5-9-30(18-28)41-35(44)20-33(36(41)45)40-38(46)47-22-26-6-3-2-4-7-26/h2-18,31,33-34,37,42H,19-23H2,1H3,(H,39,43)(H,40,46). The van der Waals surface area contributed by atoms with Crippen molar-refractivity contribution in [3.63, 3.8) is 0 Å². The van der Waals surface area contributed by atoms with Crippen LogP contribution in [0.1, 0.15) is 54.4 Å². The maximum atomic E-state index is 13.4. The normalized spacial score (nSPS) is 20.4. The Bertz CT molecular complexity index is 1820. The van der Waals surface area contributed by atoms with Gasteiger partial charge in [0.05, 0.1) is 30.9 Å². The number of nitrogens with zero attached hydrogens (tertiary/aromatic N) is 1. The van der Waals surface area contributed by atoms with E-state index in [-0.39, 0.29) is 37.7 Å². The molecule has 0 saturated carbocycles. The number of rotatable bonds is 11. The Morgan fingerprint density at radius 3 is 2.38 bits per heavy atom. The Hall–Kier alpha value is -5.01. The van der Waals surface area contributed by atoms with Crippen molar-refractivity contribution in [3.05, 3.63) is 125 Å². The van der Waals surface area contributed by atoms with Crippen molar-refractivity contribution < 1.29 is 38.5 Å². The lowest BCUT2D eigenvalue weighted by molar-refractivity contribution is -0.245. The van der Waals surface area contributed by atoms with Crippen LogP contribution in [0.4, 0.5) is 16.2 Å². The van der Waals surface area contributed by atoms with E-state index in [1.54, 1.807) is 30.0 Å². The second-order valence-electron chi connectivity index (χ2n) is 12.0. The van der Waals surface area contributed by atoms with Gasteiger partial charge in [-0.25, -0.2) is 9.69 Å². The highest BCUT2D eigenvalue weighted by atomic mass is 32.2. The first-order chi connectivity index (χ1) is 24.2. The van der Waals surface area contributed by atoms with Gasteiger partial charge < -0.3 is 30.0 Å². The number of amides is 4. The minimum atomic E-state index is -1.06. The Balaban J connectivity index is 1.15. The van der Waals surface area contributed by atoms with Gasteiger partial charge in [0.15, 0.2) is 6.29 Å². The van der Waals surface area contributed by atoms with E-state index in [0.29, 0.717) is 23.4 Å². The summed E-state index contributed by atoms with van der Waals surface area (Å²) in [6, 6.07) is 30.1. The zero-order chi connectivity index (χ0) is 35.0. The van der Waals surface area contributed by atoms with Gasteiger partial charge in [0.2, 0.25) is 11.8 Å². The summed E-state index contributed by atoms with van der Waals surface area (Å²) >= 11 is 1.62. The molecule has 50 heavy (non-hydrogen) atoms. The first kappa shape index (κ1) is 34.8. The third-order valence-corrected chi connectivity index (χ3v) is 9.42. The summed E-state index contributed by atoms with van der Waals surface area (Å²) in [6.45, 7) is 1.43. The molecule has 4 atom stereocenters. The number of imide groups is 1. The summed E-state index contributed by atoms with van der Waals surface area (Å²) in [5.41, 5.74) is 4.19. The molecular weight excluding hydrogens is 658 g/mol. The number of carbonyl (C=O) groups excluding carboxylic acids is 4. The molecule has 2 aliphatic heterocycles. The number of thioether (sulfide) groups is 1.